The van der Waals surface area contributed by atoms with Crippen LogP contribution >= 0.6 is 24.0 Å². The first kappa shape index (κ1) is 20.3. The van der Waals surface area contributed by atoms with Crippen LogP contribution in [0.2, 0.25) is 5.02 Å². The summed E-state index contributed by atoms with van der Waals surface area (Å²) in [5, 5.41) is 3.73. The predicted octanol–water partition coefficient (Wildman–Crippen LogP) is 3.93. The third-order valence-electron chi connectivity index (χ3n) is 5.57. The van der Waals surface area contributed by atoms with Crippen molar-refractivity contribution >= 4 is 29.9 Å². The molecule has 2 aliphatic rings. The topological polar surface area (TPSA) is 64.3 Å². The molecule has 2 saturated carbocycles. The van der Waals surface area contributed by atoms with Crippen molar-refractivity contribution in [2.45, 2.75) is 51.6 Å². The molecule has 0 aliphatic heterocycles. The van der Waals surface area contributed by atoms with E-state index >= 15 is 0 Å². The molecular weight excluding hydrogens is 359 g/mol. The summed E-state index contributed by atoms with van der Waals surface area (Å²) in [6, 6.07) is 5.84. The van der Waals surface area contributed by atoms with Gasteiger partial charge in [-0.05, 0) is 56.6 Å². The standard InChI is InChI=1S/C19H27ClN2O2.ClH/c1-2-24-17-10-16(20)7-6-14(17)11-22-19(23)15-8-12-4-3-5-13(9-15)18(12)21;/h6-7,10,12-13,15,18H,2-5,8-9,11,21H2,1H3,(H,22,23);1H. The molecule has 2 bridgehead atoms. The van der Waals surface area contributed by atoms with Crippen LogP contribution in [0.1, 0.15) is 44.6 Å². The van der Waals surface area contributed by atoms with Crippen molar-refractivity contribution < 1.29 is 9.53 Å². The van der Waals surface area contributed by atoms with Gasteiger partial charge in [0, 0.05) is 29.1 Å². The molecule has 1 amide bonds. The molecule has 0 saturated heterocycles. The van der Waals surface area contributed by atoms with Crippen molar-refractivity contribution in [1.82, 2.24) is 5.32 Å². The largest absolute Gasteiger partial charge is 0.493 e. The fourth-order valence-corrected chi connectivity index (χ4v) is 4.46. The minimum Gasteiger partial charge on any atom is -0.493 e. The van der Waals surface area contributed by atoms with E-state index in [1.165, 1.54) is 19.3 Å². The van der Waals surface area contributed by atoms with Gasteiger partial charge in [0.15, 0.2) is 0 Å². The highest BCUT2D eigenvalue weighted by molar-refractivity contribution is 6.30. The van der Waals surface area contributed by atoms with E-state index in [4.69, 9.17) is 22.1 Å². The first-order chi connectivity index (χ1) is 11.6. The fraction of sp³-hybridized carbons (Fsp3) is 0.632. The molecule has 3 N–H and O–H groups in total. The van der Waals surface area contributed by atoms with Crippen LogP contribution in [0.4, 0.5) is 0 Å². The van der Waals surface area contributed by atoms with Crippen LogP contribution in [-0.4, -0.2) is 18.6 Å². The van der Waals surface area contributed by atoms with Crippen LogP contribution < -0.4 is 15.8 Å². The first-order valence-corrected chi connectivity index (χ1v) is 9.40. The molecule has 2 fully saturated rings. The smallest absolute Gasteiger partial charge is 0.223 e. The van der Waals surface area contributed by atoms with Gasteiger partial charge >= 0.3 is 0 Å². The highest BCUT2D eigenvalue weighted by Gasteiger charge is 2.40. The van der Waals surface area contributed by atoms with Gasteiger partial charge in [0.05, 0.1) is 6.61 Å². The van der Waals surface area contributed by atoms with Crippen LogP contribution in [0.5, 0.6) is 5.75 Å². The van der Waals surface area contributed by atoms with E-state index in [0.29, 0.717) is 36.1 Å². The average molecular weight is 387 g/mol. The number of amides is 1. The van der Waals surface area contributed by atoms with Crippen molar-refractivity contribution in [3.05, 3.63) is 28.8 Å². The number of halogens is 2. The molecule has 0 spiro atoms. The Bertz CT molecular complexity index is 583. The van der Waals surface area contributed by atoms with Crippen molar-refractivity contribution in [3.8, 4) is 5.75 Å². The molecule has 25 heavy (non-hydrogen) atoms. The Morgan fingerprint density at radius 2 is 2.00 bits per heavy atom. The van der Waals surface area contributed by atoms with E-state index in [1.54, 1.807) is 6.07 Å². The summed E-state index contributed by atoms with van der Waals surface area (Å²) >= 11 is 6.03. The van der Waals surface area contributed by atoms with E-state index in [2.05, 4.69) is 5.32 Å². The van der Waals surface area contributed by atoms with Gasteiger partial charge in [-0.1, -0.05) is 24.1 Å². The summed E-state index contributed by atoms with van der Waals surface area (Å²) in [5.74, 6) is 2.03. The molecule has 0 heterocycles. The van der Waals surface area contributed by atoms with Crippen molar-refractivity contribution in [2.24, 2.45) is 23.5 Å². The maximum atomic E-state index is 12.6. The van der Waals surface area contributed by atoms with Gasteiger partial charge in [-0.25, -0.2) is 0 Å². The third kappa shape index (κ3) is 4.81. The lowest BCUT2D eigenvalue weighted by atomic mass is 9.65. The van der Waals surface area contributed by atoms with Crippen molar-refractivity contribution in [1.29, 1.82) is 0 Å². The second-order valence-electron chi connectivity index (χ2n) is 7.10. The molecule has 3 rings (SSSR count). The van der Waals surface area contributed by atoms with E-state index in [9.17, 15) is 4.79 Å². The Hall–Kier alpha value is -0.970. The Morgan fingerprint density at radius 3 is 2.64 bits per heavy atom. The van der Waals surface area contributed by atoms with Gasteiger partial charge in [0.25, 0.3) is 0 Å². The maximum Gasteiger partial charge on any atom is 0.223 e. The highest BCUT2D eigenvalue weighted by Crippen LogP contribution is 2.41. The van der Waals surface area contributed by atoms with Gasteiger partial charge < -0.3 is 15.8 Å². The summed E-state index contributed by atoms with van der Waals surface area (Å²) in [6.07, 6.45) is 5.48. The van der Waals surface area contributed by atoms with E-state index < -0.39 is 0 Å². The predicted molar refractivity (Wildman–Crippen MR) is 103 cm³/mol. The Balaban J connectivity index is 0.00000225. The Morgan fingerprint density at radius 1 is 1.32 bits per heavy atom. The minimum absolute atomic E-state index is 0. The van der Waals surface area contributed by atoms with Gasteiger partial charge in [-0.3, -0.25) is 4.79 Å². The molecular formula is C19H28Cl2N2O2. The van der Waals surface area contributed by atoms with Gasteiger partial charge in [-0.2, -0.15) is 0 Å². The number of fused-ring (bicyclic) bond motifs is 2. The second-order valence-corrected chi connectivity index (χ2v) is 7.54. The lowest BCUT2D eigenvalue weighted by Crippen LogP contribution is -2.49. The van der Waals surface area contributed by atoms with Crippen LogP contribution in [-0.2, 0) is 11.3 Å². The van der Waals surface area contributed by atoms with Crippen LogP contribution in [0.25, 0.3) is 0 Å². The van der Waals surface area contributed by atoms with E-state index in [0.717, 1.165) is 24.2 Å². The van der Waals surface area contributed by atoms with Gasteiger partial charge in [0.2, 0.25) is 5.91 Å². The SMILES string of the molecule is CCOc1cc(Cl)ccc1CNC(=O)C1CC2CCCC(C1)C2N.Cl. The zero-order valence-electron chi connectivity index (χ0n) is 14.7. The minimum atomic E-state index is 0. The summed E-state index contributed by atoms with van der Waals surface area (Å²) in [7, 11) is 0. The van der Waals surface area contributed by atoms with Gasteiger partial charge in [-0.15, -0.1) is 12.4 Å². The number of carbonyl (C=O) groups is 1. The number of carbonyl (C=O) groups excluding carboxylic acids is 1. The lowest BCUT2D eigenvalue weighted by Gasteiger charge is -2.43. The molecule has 140 valence electrons. The molecule has 6 heteroatoms. The number of benzene rings is 1. The molecule has 1 aromatic carbocycles. The summed E-state index contributed by atoms with van der Waals surface area (Å²) in [5.41, 5.74) is 7.28. The fourth-order valence-electron chi connectivity index (χ4n) is 4.29. The monoisotopic (exact) mass is 386 g/mol. The number of hydrogen-bond acceptors (Lipinski definition) is 3. The first-order valence-electron chi connectivity index (χ1n) is 9.03. The Kier molecular flexibility index (Phi) is 7.41. The zero-order chi connectivity index (χ0) is 17.1. The number of ether oxygens (including phenoxy) is 1. The Labute approximate surface area is 161 Å². The molecule has 2 atom stereocenters. The number of rotatable bonds is 5. The zero-order valence-corrected chi connectivity index (χ0v) is 16.2. The molecule has 2 aliphatic carbocycles. The molecule has 4 nitrogen and oxygen atoms in total. The summed E-state index contributed by atoms with van der Waals surface area (Å²) < 4.78 is 5.62. The summed E-state index contributed by atoms with van der Waals surface area (Å²) in [4.78, 5) is 12.6. The number of nitrogens with two attached hydrogens (primary N) is 1. The molecule has 1 aromatic rings. The quantitative estimate of drug-likeness (QED) is 0.805. The lowest BCUT2D eigenvalue weighted by molar-refractivity contribution is -0.128. The normalized spacial score (nSPS) is 28.0. The molecule has 0 aromatic heterocycles. The second kappa shape index (κ2) is 9.11. The summed E-state index contributed by atoms with van der Waals surface area (Å²) in [6.45, 7) is 2.99. The number of hydrogen-bond donors (Lipinski definition) is 2. The number of nitrogens with one attached hydrogen (secondary N) is 1. The molecule has 2 unspecified atom stereocenters. The van der Waals surface area contributed by atoms with E-state index in [1.807, 2.05) is 19.1 Å². The molecule has 0 radical (unpaired) electrons. The average Bonchev–Trinajstić information content (AvgIpc) is 2.54. The third-order valence-corrected chi connectivity index (χ3v) is 5.80. The van der Waals surface area contributed by atoms with Gasteiger partial charge in [0.1, 0.15) is 5.75 Å². The van der Waals surface area contributed by atoms with E-state index in [-0.39, 0.29) is 24.2 Å². The van der Waals surface area contributed by atoms with Crippen LogP contribution in [0, 0.1) is 17.8 Å². The highest BCUT2D eigenvalue weighted by atomic mass is 35.5. The van der Waals surface area contributed by atoms with Crippen molar-refractivity contribution in [3.63, 3.8) is 0 Å². The van der Waals surface area contributed by atoms with Crippen LogP contribution in [0.15, 0.2) is 18.2 Å². The van der Waals surface area contributed by atoms with Crippen LogP contribution in [0.3, 0.4) is 0 Å². The van der Waals surface area contributed by atoms with Crippen molar-refractivity contribution in [2.75, 3.05) is 6.61 Å². The maximum absolute atomic E-state index is 12.6.